The van der Waals surface area contributed by atoms with E-state index in [2.05, 4.69) is 50.0 Å². The fourth-order valence-electron chi connectivity index (χ4n) is 4.40. The zero-order chi connectivity index (χ0) is 24.7. The van der Waals surface area contributed by atoms with Gasteiger partial charge in [-0.3, -0.25) is 9.69 Å². The number of carbonyl (C=O) groups excluding carboxylic acids is 1. The van der Waals surface area contributed by atoms with Gasteiger partial charge in [-0.1, -0.05) is 42.5 Å². The minimum atomic E-state index is -0.311. The summed E-state index contributed by atoms with van der Waals surface area (Å²) in [4.78, 5) is 15.2. The van der Waals surface area contributed by atoms with Crippen LogP contribution < -0.4 is 10.6 Å². The fraction of sp³-hybridized carbons (Fsp3) is 0.207. The molecule has 1 fully saturated rings. The van der Waals surface area contributed by atoms with Crippen LogP contribution in [0.1, 0.15) is 28.8 Å². The number of carbonyl (C=O) groups is 1. The summed E-state index contributed by atoms with van der Waals surface area (Å²) in [6, 6.07) is 27.8. The van der Waals surface area contributed by atoms with Crippen LogP contribution >= 0.6 is 0 Å². The molecule has 1 aromatic heterocycles. The molecule has 6 nitrogen and oxygen atoms in total. The van der Waals surface area contributed by atoms with Crippen molar-refractivity contribution in [2.75, 3.05) is 18.4 Å². The monoisotopic (exact) mass is 481 g/mol. The van der Waals surface area contributed by atoms with Crippen molar-refractivity contribution in [2.24, 2.45) is 0 Å². The number of anilines is 2. The van der Waals surface area contributed by atoms with Gasteiger partial charge >= 0.3 is 0 Å². The van der Waals surface area contributed by atoms with Crippen LogP contribution in [0.4, 0.5) is 15.9 Å². The van der Waals surface area contributed by atoms with E-state index in [0.29, 0.717) is 22.6 Å². The second-order valence-electron chi connectivity index (χ2n) is 9.03. The van der Waals surface area contributed by atoms with Crippen molar-refractivity contribution in [1.82, 2.24) is 20.4 Å². The Balaban J connectivity index is 1.11. The van der Waals surface area contributed by atoms with Crippen LogP contribution in [0.5, 0.6) is 0 Å². The Labute approximate surface area is 210 Å². The van der Waals surface area contributed by atoms with Crippen LogP contribution in [-0.4, -0.2) is 40.1 Å². The molecule has 36 heavy (non-hydrogen) atoms. The molecule has 3 aromatic carbocycles. The smallest absolute Gasteiger partial charge is 0.251 e. The van der Waals surface area contributed by atoms with Gasteiger partial charge in [-0.25, -0.2) is 4.39 Å². The van der Waals surface area contributed by atoms with Gasteiger partial charge in [0.25, 0.3) is 5.91 Å². The molecular formula is C29H28FN5O. The molecule has 1 saturated heterocycles. The number of hydrogen-bond acceptors (Lipinski definition) is 5. The van der Waals surface area contributed by atoms with Crippen molar-refractivity contribution in [3.05, 3.63) is 108 Å². The van der Waals surface area contributed by atoms with Gasteiger partial charge in [0.05, 0.1) is 5.69 Å². The molecule has 4 aromatic rings. The van der Waals surface area contributed by atoms with Crippen molar-refractivity contribution in [2.45, 2.75) is 25.4 Å². The van der Waals surface area contributed by atoms with Crippen LogP contribution in [0.3, 0.4) is 0 Å². The number of benzene rings is 3. The summed E-state index contributed by atoms with van der Waals surface area (Å²) in [5, 5.41) is 14.7. The van der Waals surface area contributed by atoms with E-state index in [9.17, 15) is 9.18 Å². The lowest BCUT2D eigenvalue weighted by Gasteiger charge is -2.32. The number of aromatic nitrogens is 2. The second kappa shape index (κ2) is 11.1. The van der Waals surface area contributed by atoms with Crippen LogP contribution in [0.2, 0.25) is 0 Å². The van der Waals surface area contributed by atoms with Gasteiger partial charge in [0, 0.05) is 42.5 Å². The largest absolute Gasteiger partial charge is 0.349 e. The minimum absolute atomic E-state index is 0.0534. The van der Waals surface area contributed by atoms with E-state index in [1.165, 1.54) is 17.7 Å². The second-order valence-corrected chi connectivity index (χ2v) is 9.03. The summed E-state index contributed by atoms with van der Waals surface area (Å²) in [5.74, 6) is 0.200. The number of likely N-dealkylation sites (tertiary alicyclic amines) is 1. The highest BCUT2D eigenvalue weighted by atomic mass is 19.1. The lowest BCUT2D eigenvalue weighted by atomic mass is 10.0. The van der Waals surface area contributed by atoms with E-state index in [0.717, 1.165) is 38.2 Å². The van der Waals surface area contributed by atoms with E-state index >= 15 is 0 Å². The Morgan fingerprint density at radius 2 is 1.67 bits per heavy atom. The highest BCUT2D eigenvalue weighted by molar-refractivity contribution is 5.94. The SMILES string of the molecule is O=C(NC1CCN(Cc2ccccc2)CC1)c1ccc(Nc2ccc(-c3cccc(F)c3)nn2)cc1. The van der Waals surface area contributed by atoms with Gasteiger partial charge in [0.15, 0.2) is 5.82 Å². The third-order valence-corrected chi connectivity index (χ3v) is 6.38. The van der Waals surface area contributed by atoms with E-state index < -0.39 is 0 Å². The average Bonchev–Trinajstić information content (AvgIpc) is 2.91. The van der Waals surface area contributed by atoms with Crippen molar-refractivity contribution >= 4 is 17.4 Å². The van der Waals surface area contributed by atoms with Gasteiger partial charge in [-0.2, -0.15) is 0 Å². The maximum absolute atomic E-state index is 13.4. The molecule has 2 heterocycles. The summed E-state index contributed by atoms with van der Waals surface area (Å²) >= 11 is 0. The molecule has 0 atom stereocenters. The summed E-state index contributed by atoms with van der Waals surface area (Å²) in [7, 11) is 0. The molecule has 1 aliphatic rings. The van der Waals surface area contributed by atoms with Crippen molar-refractivity contribution in [3.8, 4) is 11.3 Å². The van der Waals surface area contributed by atoms with Gasteiger partial charge in [-0.05, 0) is 66.9 Å². The fourth-order valence-corrected chi connectivity index (χ4v) is 4.40. The third kappa shape index (κ3) is 6.12. The highest BCUT2D eigenvalue weighted by Gasteiger charge is 2.21. The molecule has 182 valence electrons. The Hall–Kier alpha value is -4.10. The molecule has 0 saturated carbocycles. The van der Waals surface area contributed by atoms with Crippen LogP contribution in [-0.2, 0) is 6.54 Å². The number of nitrogens with one attached hydrogen (secondary N) is 2. The van der Waals surface area contributed by atoms with Gasteiger partial charge < -0.3 is 10.6 Å². The molecule has 0 unspecified atom stereocenters. The Bertz CT molecular complexity index is 1290. The molecule has 1 aliphatic heterocycles. The third-order valence-electron chi connectivity index (χ3n) is 6.38. The number of piperidine rings is 1. The molecule has 0 radical (unpaired) electrons. The Morgan fingerprint density at radius 3 is 2.36 bits per heavy atom. The number of rotatable bonds is 7. The number of hydrogen-bond donors (Lipinski definition) is 2. The number of nitrogens with zero attached hydrogens (tertiary/aromatic N) is 3. The molecule has 0 spiro atoms. The normalized spacial score (nSPS) is 14.4. The van der Waals surface area contributed by atoms with Crippen molar-refractivity contribution < 1.29 is 9.18 Å². The first kappa shape index (κ1) is 23.6. The first-order valence-electron chi connectivity index (χ1n) is 12.2. The van der Waals surface area contributed by atoms with Crippen molar-refractivity contribution in [3.63, 3.8) is 0 Å². The Morgan fingerprint density at radius 1 is 0.889 bits per heavy atom. The first-order valence-corrected chi connectivity index (χ1v) is 12.2. The standard InChI is InChI=1S/C29H28FN5O/c30-24-8-4-7-23(19-24)27-13-14-28(34-33-27)31-25-11-9-22(10-12-25)29(36)32-26-15-17-35(18-16-26)20-21-5-2-1-3-6-21/h1-14,19,26H,15-18,20H2,(H,31,34)(H,32,36). The highest BCUT2D eigenvalue weighted by Crippen LogP contribution is 2.20. The lowest BCUT2D eigenvalue weighted by molar-refractivity contribution is 0.0909. The van der Waals surface area contributed by atoms with E-state index in [1.54, 1.807) is 36.4 Å². The molecule has 1 amide bonds. The van der Waals surface area contributed by atoms with Gasteiger partial charge in [0.1, 0.15) is 5.82 Å². The molecule has 7 heteroatoms. The maximum atomic E-state index is 13.4. The van der Waals surface area contributed by atoms with E-state index in [1.807, 2.05) is 18.2 Å². The minimum Gasteiger partial charge on any atom is -0.349 e. The molecule has 5 rings (SSSR count). The quantitative estimate of drug-likeness (QED) is 0.369. The topological polar surface area (TPSA) is 70.2 Å². The van der Waals surface area contributed by atoms with Crippen LogP contribution in [0.25, 0.3) is 11.3 Å². The number of amides is 1. The summed E-state index contributed by atoms with van der Waals surface area (Å²) < 4.78 is 13.4. The molecule has 0 aliphatic carbocycles. The van der Waals surface area contributed by atoms with Crippen LogP contribution in [0.15, 0.2) is 91.0 Å². The van der Waals surface area contributed by atoms with E-state index in [-0.39, 0.29) is 17.8 Å². The summed E-state index contributed by atoms with van der Waals surface area (Å²) in [5.41, 5.74) is 4.01. The summed E-state index contributed by atoms with van der Waals surface area (Å²) in [6.07, 6.45) is 1.89. The van der Waals surface area contributed by atoms with E-state index in [4.69, 9.17) is 0 Å². The lowest BCUT2D eigenvalue weighted by Crippen LogP contribution is -2.44. The zero-order valence-corrected chi connectivity index (χ0v) is 19.9. The van der Waals surface area contributed by atoms with Crippen molar-refractivity contribution in [1.29, 1.82) is 0 Å². The maximum Gasteiger partial charge on any atom is 0.251 e. The summed E-state index contributed by atoms with van der Waals surface area (Å²) in [6.45, 7) is 2.90. The molecular weight excluding hydrogens is 453 g/mol. The Kier molecular flexibility index (Phi) is 7.28. The predicted octanol–water partition coefficient (Wildman–Crippen LogP) is 5.42. The van der Waals surface area contributed by atoms with Crippen LogP contribution in [0, 0.1) is 5.82 Å². The van der Waals surface area contributed by atoms with Gasteiger partial charge in [0.2, 0.25) is 0 Å². The zero-order valence-electron chi connectivity index (χ0n) is 19.9. The average molecular weight is 482 g/mol. The predicted molar refractivity (Wildman–Crippen MR) is 139 cm³/mol. The number of halogens is 1. The van der Waals surface area contributed by atoms with Gasteiger partial charge in [-0.15, -0.1) is 10.2 Å². The molecule has 2 N–H and O–H groups in total. The molecule has 0 bridgehead atoms. The first-order chi connectivity index (χ1) is 17.6.